The zero-order valence-electron chi connectivity index (χ0n) is 23.3. The Morgan fingerprint density at radius 3 is 1.15 bits per heavy atom. The summed E-state index contributed by atoms with van der Waals surface area (Å²) in [6.07, 6.45) is 28.0. The van der Waals surface area contributed by atoms with Crippen LogP contribution in [0.1, 0.15) is 169 Å². The van der Waals surface area contributed by atoms with Gasteiger partial charge < -0.3 is 9.47 Å². The fourth-order valence-electron chi connectivity index (χ4n) is 4.27. The molecule has 4 nitrogen and oxygen atoms in total. The topological polar surface area (TPSA) is 52.6 Å². The van der Waals surface area contributed by atoms with Crippen LogP contribution in [0, 0.1) is 5.92 Å². The van der Waals surface area contributed by atoms with Gasteiger partial charge in [0.1, 0.15) is 0 Å². The van der Waals surface area contributed by atoms with Gasteiger partial charge in [-0.2, -0.15) is 0 Å². The standard InChI is InChI=1S/C30H58O4/c1-5-6-7-8-9-10-11-12-13-14-15-16-17-18-19-20-21-22-23-24-25-26-29(31)33-28(4)34-30(32)27(2)3/h27-28H,5-26H2,1-4H3. The van der Waals surface area contributed by atoms with Crippen LogP contribution in [0.3, 0.4) is 0 Å². The van der Waals surface area contributed by atoms with E-state index < -0.39 is 6.29 Å². The molecular formula is C30H58O4. The summed E-state index contributed by atoms with van der Waals surface area (Å²) >= 11 is 0. The van der Waals surface area contributed by atoms with Gasteiger partial charge in [-0.1, -0.05) is 149 Å². The molecule has 0 N–H and O–H groups in total. The first-order valence-corrected chi connectivity index (χ1v) is 14.9. The molecule has 1 unspecified atom stereocenters. The molecule has 0 aromatic carbocycles. The smallest absolute Gasteiger partial charge is 0.311 e. The number of unbranched alkanes of at least 4 members (excludes halogenated alkanes) is 20. The number of hydrogen-bond acceptors (Lipinski definition) is 4. The van der Waals surface area contributed by atoms with Gasteiger partial charge in [0.15, 0.2) is 0 Å². The lowest BCUT2D eigenvalue weighted by Gasteiger charge is -2.15. The lowest BCUT2D eigenvalue weighted by Crippen LogP contribution is -2.24. The van der Waals surface area contributed by atoms with Crippen LogP contribution >= 0.6 is 0 Å². The molecule has 0 aromatic heterocycles. The van der Waals surface area contributed by atoms with Crippen molar-refractivity contribution in [3.63, 3.8) is 0 Å². The maximum atomic E-state index is 11.8. The zero-order valence-corrected chi connectivity index (χ0v) is 23.3. The molecule has 0 bridgehead atoms. The van der Waals surface area contributed by atoms with Crippen molar-refractivity contribution in [3.05, 3.63) is 0 Å². The van der Waals surface area contributed by atoms with Crippen LogP contribution in [0.25, 0.3) is 0 Å². The van der Waals surface area contributed by atoms with Gasteiger partial charge in [0.25, 0.3) is 0 Å². The number of hydrogen-bond donors (Lipinski definition) is 0. The molecule has 0 amide bonds. The largest absolute Gasteiger partial charge is 0.425 e. The van der Waals surface area contributed by atoms with E-state index in [2.05, 4.69) is 6.92 Å². The highest BCUT2D eigenvalue weighted by molar-refractivity contribution is 5.72. The molecule has 0 aliphatic carbocycles. The molecule has 0 rings (SSSR count). The van der Waals surface area contributed by atoms with Gasteiger partial charge in [0, 0.05) is 13.3 Å². The molecule has 0 aromatic rings. The van der Waals surface area contributed by atoms with Crippen LogP contribution in [-0.2, 0) is 19.1 Å². The summed E-state index contributed by atoms with van der Waals surface area (Å²) in [4.78, 5) is 23.3. The maximum Gasteiger partial charge on any atom is 0.311 e. The van der Waals surface area contributed by atoms with E-state index in [9.17, 15) is 9.59 Å². The maximum absolute atomic E-state index is 11.8. The molecule has 34 heavy (non-hydrogen) atoms. The molecule has 0 radical (unpaired) electrons. The Bertz CT molecular complexity index is 461. The molecule has 0 saturated heterocycles. The monoisotopic (exact) mass is 482 g/mol. The minimum atomic E-state index is -0.794. The minimum Gasteiger partial charge on any atom is -0.425 e. The number of rotatable bonds is 25. The lowest BCUT2D eigenvalue weighted by molar-refractivity contribution is -0.186. The first-order chi connectivity index (χ1) is 16.5. The summed E-state index contributed by atoms with van der Waals surface area (Å²) in [5.41, 5.74) is 0. The molecule has 202 valence electrons. The Hall–Kier alpha value is -1.06. The highest BCUT2D eigenvalue weighted by atomic mass is 16.7. The number of esters is 2. The second-order valence-corrected chi connectivity index (χ2v) is 10.5. The Balaban J connectivity index is 3.24. The van der Waals surface area contributed by atoms with Crippen LogP contribution in [-0.4, -0.2) is 18.2 Å². The lowest BCUT2D eigenvalue weighted by atomic mass is 10.0. The predicted molar refractivity (Wildman–Crippen MR) is 144 cm³/mol. The van der Waals surface area contributed by atoms with Crippen LogP contribution < -0.4 is 0 Å². The summed E-state index contributed by atoms with van der Waals surface area (Å²) in [6.45, 7) is 7.40. The van der Waals surface area contributed by atoms with Crippen molar-refractivity contribution in [1.29, 1.82) is 0 Å². The first-order valence-electron chi connectivity index (χ1n) is 14.9. The van der Waals surface area contributed by atoms with Gasteiger partial charge in [-0.05, 0) is 6.42 Å². The second kappa shape index (κ2) is 25.0. The molecule has 1 atom stereocenters. The average molecular weight is 483 g/mol. The minimum absolute atomic E-state index is 0.212. The van der Waals surface area contributed by atoms with Crippen molar-refractivity contribution in [2.24, 2.45) is 5.92 Å². The van der Waals surface area contributed by atoms with Crippen molar-refractivity contribution >= 4 is 11.9 Å². The number of ether oxygens (including phenoxy) is 2. The summed E-state index contributed by atoms with van der Waals surface area (Å²) < 4.78 is 10.2. The normalized spacial score (nSPS) is 12.1. The third kappa shape index (κ3) is 24.1. The van der Waals surface area contributed by atoms with Gasteiger partial charge in [-0.15, -0.1) is 0 Å². The fraction of sp³-hybridized carbons (Fsp3) is 0.933. The quantitative estimate of drug-likeness (QED) is 0.0738. The Morgan fingerprint density at radius 2 is 0.824 bits per heavy atom. The Morgan fingerprint density at radius 1 is 0.500 bits per heavy atom. The van der Waals surface area contributed by atoms with E-state index in [4.69, 9.17) is 9.47 Å². The SMILES string of the molecule is CCCCCCCCCCCCCCCCCCCCCCCC(=O)OC(C)OC(=O)C(C)C. The Kier molecular flexibility index (Phi) is 24.3. The highest BCUT2D eigenvalue weighted by Gasteiger charge is 2.16. The van der Waals surface area contributed by atoms with Crippen LogP contribution in [0.4, 0.5) is 0 Å². The summed E-state index contributed by atoms with van der Waals surface area (Å²) in [5.74, 6) is -0.827. The van der Waals surface area contributed by atoms with Gasteiger partial charge in [0.2, 0.25) is 6.29 Å². The number of carbonyl (C=O) groups excluding carboxylic acids is 2. The van der Waals surface area contributed by atoms with E-state index in [0.717, 1.165) is 12.8 Å². The van der Waals surface area contributed by atoms with Gasteiger partial charge >= 0.3 is 11.9 Å². The number of carbonyl (C=O) groups is 2. The van der Waals surface area contributed by atoms with Crippen molar-refractivity contribution in [2.75, 3.05) is 0 Å². The third-order valence-electron chi connectivity index (χ3n) is 6.54. The molecule has 0 spiro atoms. The molecule has 4 heteroatoms. The predicted octanol–water partition coefficient (Wildman–Crippen LogP) is 9.68. The van der Waals surface area contributed by atoms with Crippen molar-refractivity contribution < 1.29 is 19.1 Å². The van der Waals surface area contributed by atoms with E-state index in [1.807, 2.05) is 0 Å². The van der Waals surface area contributed by atoms with Gasteiger partial charge in [-0.25, -0.2) is 0 Å². The molecule has 0 aliphatic rings. The fourth-order valence-corrected chi connectivity index (χ4v) is 4.27. The van der Waals surface area contributed by atoms with Crippen molar-refractivity contribution in [3.8, 4) is 0 Å². The molecular weight excluding hydrogens is 424 g/mol. The van der Waals surface area contributed by atoms with Crippen molar-refractivity contribution in [2.45, 2.75) is 175 Å². The van der Waals surface area contributed by atoms with Gasteiger partial charge in [0.05, 0.1) is 5.92 Å². The summed E-state index contributed by atoms with van der Waals surface area (Å²) in [6, 6.07) is 0. The van der Waals surface area contributed by atoms with E-state index in [0.29, 0.717) is 6.42 Å². The van der Waals surface area contributed by atoms with Crippen LogP contribution in [0.15, 0.2) is 0 Å². The molecule has 0 heterocycles. The van der Waals surface area contributed by atoms with E-state index in [1.54, 1.807) is 20.8 Å². The molecule has 0 fully saturated rings. The van der Waals surface area contributed by atoms with Crippen molar-refractivity contribution in [1.82, 2.24) is 0 Å². The summed E-state index contributed by atoms with van der Waals surface area (Å²) in [7, 11) is 0. The third-order valence-corrected chi connectivity index (χ3v) is 6.54. The second-order valence-electron chi connectivity index (χ2n) is 10.5. The van der Waals surface area contributed by atoms with Crippen LogP contribution in [0.5, 0.6) is 0 Å². The first kappa shape index (κ1) is 32.9. The van der Waals surface area contributed by atoms with E-state index in [1.165, 1.54) is 122 Å². The highest BCUT2D eigenvalue weighted by Crippen LogP contribution is 2.15. The Labute approximate surface area is 212 Å². The zero-order chi connectivity index (χ0) is 25.3. The van der Waals surface area contributed by atoms with Crippen LogP contribution in [0.2, 0.25) is 0 Å². The molecule has 0 saturated carbocycles. The van der Waals surface area contributed by atoms with Gasteiger partial charge in [-0.3, -0.25) is 9.59 Å². The summed E-state index contributed by atoms with van der Waals surface area (Å²) in [5, 5.41) is 0. The average Bonchev–Trinajstić information content (AvgIpc) is 2.79. The van der Waals surface area contributed by atoms with E-state index in [-0.39, 0.29) is 17.9 Å². The van der Waals surface area contributed by atoms with E-state index >= 15 is 0 Å². The molecule has 0 aliphatic heterocycles.